The van der Waals surface area contributed by atoms with E-state index in [2.05, 4.69) is 0 Å². The number of nitrogens with two attached hydrogens (primary N) is 1. The van der Waals surface area contributed by atoms with Gasteiger partial charge in [-0.1, -0.05) is 0 Å². The third kappa shape index (κ3) is 3.01. The summed E-state index contributed by atoms with van der Waals surface area (Å²) in [5.41, 5.74) is 7.81. The minimum Gasteiger partial charge on any atom is -0.399 e. The van der Waals surface area contributed by atoms with Crippen LogP contribution in [0.3, 0.4) is 0 Å². The van der Waals surface area contributed by atoms with Crippen LogP contribution in [-0.4, -0.2) is 0 Å². The van der Waals surface area contributed by atoms with Crippen molar-refractivity contribution in [3.05, 3.63) is 59.2 Å². The lowest BCUT2D eigenvalue weighted by Gasteiger charge is -2.06. The lowest BCUT2D eigenvalue weighted by atomic mass is 10.2. The highest BCUT2D eigenvalue weighted by Crippen LogP contribution is 2.26. The smallest absolute Gasteiger partial charge is 0.127 e. The lowest BCUT2D eigenvalue weighted by Crippen LogP contribution is -1.91. The van der Waals surface area contributed by atoms with E-state index in [1.165, 1.54) is 17.8 Å². The van der Waals surface area contributed by atoms with Crippen molar-refractivity contribution in [2.75, 3.05) is 5.73 Å². The summed E-state index contributed by atoms with van der Waals surface area (Å²) in [5, 5.41) is 0. The zero-order valence-corrected chi connectivity index (χ0v) is 10.7. The first-order chi connectivity index (χ1) is 8.56. The van der Waals surface area contributed by atoms with Gasteiger partial charge in [0.1, 0.15) is 11.6 Å². The van der Waals surface area contributed by atoms with Crippen LogP contribution < -0.4 is 5.73 Å². The van der Waals surface area contributed by atoms with Crippen LogP contribution in [-0.2, 0) is 5.75 Å². The molecule has 0 saturated carbocycles. The molecule has 94 valence electrons. The van der Waals surface area contributed by atoms with Gasteiger partial charge >= 0.3 is 0 Å². The molecule has 0 heterocycles. The van der Waals surface area contributed by atoms with Crippen molar-refractivity contribution in [2.45, 2.75) is 17.6 Å². The maximum atomic E-state index is 13.4. The Bertz CT molecular complexity index is 570. The molecule has 0 unspecified atom stereocenters. The van der Waals surface area contributed by atoms with Crippen LogP contribution in [0.15, 0.2) is 41.3 Å². The molecule has 0 radical (unpaired) electrons. The molecule has 0 aromatic heterocycles. The van der Waals surface area contributed by atoms with Gasteiger partial charge in [-0.25, -0.2) is 8.78 Å². The van der Waals surface area contributed by atoms with Crippen LogP contribution in [0.2, 0.25) is 0 Å². The third-order valence-electron chi connectivity index (χ3n) is 2.64. The van der Waals surface area contributed by atoms with Gasteiger partial charge in [0, 0.05) is 21.9 Å². The van der Waals surface area contributed by atoms with E-state index in [1.54, 1.807) is 0 Å². The van der Waals surface area contributed by atoms with Gasteiger partial charge in [-0.3, -0.25) is 0 Å². The van der Waals surface area contributed by atoms with Crippen molar-refractivity contribution >= 4 is 17.4 Å². The quantitative estimate of drug-likeness (QED) is 0.666. The van der Waals surface area contributed by atoms with Crippen LogP contribution in [0, 0.1) is 18.6 Å². The van der Waals surface area contributed by atoms with Crippen LogP contribution in [0.25, 0.3) is 0 Å². The van der Waals surface area contributed by atoms with E-state index in [0.717, 1.165) is 28.3 Å². The van der Waals surface area contributed by atoms with Gasteiger partial charge in [0.2, 0.25) is 0 Å². The maximum absolute atomic E-state index is 13.4. The monoisotopic (exact) mass is 265 g/mol. The van der Waals surface area contributed by atoms with Gasteiger partial charge < -0.3 is 5.73 Å². The molecule has 1 nitrogen and oxygen atoms in total. The molecule has 18 heavy (non-hydrogen) atoms. The fraction of sp³-hybridized carbons (Fsp3) is 0.143. The van der Waals surface area contributed by atoms with Crippen LogP contribution >= 0.6 is 11.8 Å². The number of hydrogen-bond acceptors (Lipinski definition) is 2. The Morgan fingerprint density at radius 1 is 1.11 bits per heavy atom. The summed E-state index contributed by atoms with van der Waals surface area (Å²) in [6.45, 7) is 1.92. The Hall–Kier alpha value is -1.55. The van der Waals surface area contributed by atoms with Crippen molar-refractivity contribution in [1.29, 1.82) is 0 Å². The average Bonchev–Trinajstić information content (AvgIpc) is 2.34. The Morgan fingerprint density at radius 2 is 1.89 bits per heavy atom. The summed E-state index contributed by atoms with van der Waals surface area (Å²) >= 11 is 1.46. The number of thioether (sulfide) groups is 1. The Labute approximate surface area is 109 Å². The number of nitrogen functional groups attached to an aromatic ring is 1. The second-order valence-electron chi connectivity index (χ2n) is 4.04. The van der Waals surface area contributed by atoms with Crippen molar-refractivity contribution in [3.63, 3.8) is 0 Å². The van der Waals surface area contributed by atoms with Crippen molar-refractivity contribution in [2.24, 2.45) is 0 Å². The molecule has 0 atom stereocenters. The van der Waals surface area contributed by atoms with Crippen molar-refractivity contribution < 1.29 is 8.78 Å². The van der Waals surface area contributed by atoms with Crippen LogP contribution in [0.4, 0.5) is 14.5 Å². The van der Waals surface area contributed by atoms with Crippen LogP contribution in [0.5, 0.6) is 0 Å². The second kappa shape index (κ2) is 5.40. The molecule has 0 fully saturated rings. The molecule has 2 aromatic rings. The summed E-state index contributed by atoms with van der Waals surface area (Å²) in [4.78, 5) is 0.991. The summed E-state index contributed by atoms with van der Waals surface area (Å²) in [6.07, 6.45) is 0. The number of halogens is 2. The highest BCUT2D eigenvalue weighted by atomic mass is 32.2. The number of aryl methyl sites for hydroxylation is 1. The van der Waals surface area contributed by atoms with E-state index < -0.39 is 5.82 Å². The van der Waals surface area contributed by atoms with Crippen molar-refractivity contribution in [3.8, 4) is 0 Å². The van der Waals surface area contributed by atoms with Gasteiger partial charge in [0.05, 0.1) is 0 Å². The first kappa shape index (κ1) is 12.9. The Kier molecular flexibility index (Phi) is 3.87. The molecule has 2 rings (SSSR count). The summed E-state index contributed by atoms with van der Waals surface area (Å²) in [7, 11) is 0. The second-order valence-corrected chi connectivity index (χ2v) is 5.09. The van der Waals surface area contributed by atoms with Gasteiger partial charge in [0.25, 0.3) is 0 Å². The highest BCUT2D eigenvalue weighted by molar-refractivity contribution is 7.98. The lowest BCUT2D eigenvalue weighted by molar-refractivity contribution is 0.591. The molecule has 0 aliphatic heterocycles. The van der Waals surface area contributed by atoms with Gasteiger partial charge in [-0.05, 0) is 48.9 Å². The SMILES string of the molecule is Cc1cc(SCc2cc(F)ccc2F)ccc1N. The summed E-state index contributed by atoms with van der Waals surface area (Å²) in [5.74, 6) is -0.399. The Balaban J connectivity index is 2.11. The molecule has 0 aliphatic carbocycles. The van der Waals surface area contributed by atoms with E-state index in [0.29, 0.717) is 11.3 Å². The van der Waals surface area contributed by atoms with Crippen LogP contribution in [0.1, 0.15) is 11.1 Å². The van der Waals surface area contributed by atoms with E-state index in [-0.39, 0.29) is 5.82 Å². The fourth-order valence-electron chi connectivity index (χ4n) is 1.55. The van der Waals surface area contributed by atoms with E-state index >= 15 is 0 Å². The standard InChI is InChI=1S/C14H13F2NS/c1-9-6-12(3-5-14(9)17)18-8-10-7-11(15)2-4-13(10)16/h2-7H,8,17H2,1H3. The van der Waals surface area contributed by atoms with Gasteiger partial charge in [0.15, 0.2) is 0 Å². The molecule has 0 saturated heterocycles. The van der Waals surface area contributed by atoms with Gasteiger partial charge in [-0.15, -0.1) is 11.8 Å². The normalized spacial score (nSPS) is 10.6. The molecule has 2 N–H and O–H groups in total. The molecule has 0 spiro atoms. The van der Waals surface area contributed by atoms with Gasteiger partial charge in [-0.2, -0.15) is 0 Å². The molecular weight excluding hydrogens is 252 g/mol. The fourth-order valence-corrected chi connectivity index (χ4v) is 2.52. The zero-order valence-electron chi connectivity index (χ0n) is 9.91. The molecular formula is C14H13F2NS. The first-order valence-electron chi connectivity index (χ1n) is 5.49. The summed E-state index contributed by atoms with van der Waals surface area (Å²) in [6, 6.07) is 9.14. The minimum absolute atomic E-state index is 0.370. The predicted octanol–water partition coefficient (Wildman–Crippen LogP) is 4.15. The summed E-state index contributed by atoms with van der Waals surface area (Å²) < 4.78 is 26.4. The number of benzene rings is 2. The predicted molar refractivity (Wildman–Crippen MR) is 71.5 cm³/mol. The van der Waals surface area contributed by atoms with Crippen molar-refractivity contribution in [1.82, 2.24) is 0 Å². The molecule has 0 bridgehead atoms. The molecule has 4 heteroatoms. The zero-order chi connectivity index (χ0) is 13.1. The average molecular weight is 265 g/mol. The number of anilines is 1. The van der Waals surface area contributed by atoms with E-state index in [4.69, 9.17) is 5.73 Å². The maximum Gasteiger partial charge on any atom is 0.127 e. The number of hydrogen-bond donors (Lipinski definition) is 1. The molecule has 0 aliphatic rings. The van der Waals surface area contributed by atoms with E-state index in [1.807, 2.05) is 25.1 Å². The van der Waals surface area contributed by atoms with E-state index in [9.17, 15) is 8.78 Å². The molecule has 0 amide bonds. The topological polar surface area (TPSA) is 26.0 Å². The number of rotatable bonds is 3. The highest BCUT2D eigenvalue weighted by Gasteiger charge is 2.05. The largest absolute Gasteiger partial charge is 0.399 e. The Morgan fingerprint density at radius 3 is 2.61 bits per heavy atom. The minimum atomic E-state index is -0.416. The molecule has 2 aromatic carbocycles. The third-order valence-corrected chi connectivity index (χ3v) is 3.69. The first-order valence-corrected chi connectivity index (χ1v) is 6.47.